The Bertz CT molecular complexity index is 815. The third-order valence-corrected chi connectivity index (χ3v) is 5.83. The van der Waals surface area contributed by atoms with E-state index in [1.807, 2.05) is 42.8 Å². The van der Waals surface area contributed by atoms with Crippen molar-refractivity contribution in [2.24, 2.45) is 23.2 Å². The molecule has 2 aromatic rings. The number of piperidine rings is 1. The van der Waals surface area contributed by atoms with Crippen LogP contribution in [-0.4, -0.2) is 44.5 Å². The molecule has 128 valence electrons. The summed E-state index contributed by atoms with van der Waals surface area (Å²) < 4.78 is 1.90. The van der Waals surface area contributed by atoms with Gasteiger partial charge < -0.3 is 21.2 Å². The van der Waals surface area contributed by atoms with E-state index in [-0.39, 0.29) is 5.91 Å². The van der Waals surface area contributed by atoms with Crippen LogP contribution in [0.4, 0.5) is 0 Å². The summed E-state index contributed by atoms with van der Waals surface area (Å²) in [6.07, 6.45) is 5.52. The van der Waals surface area contributed by atoms with Crippen molar-refractivity contribution in [2.75, 3.05) is 13.1 Å². The summed E-state index contributed by atoms with van der Waals surface area (Å²) >= 11 is 0. The molecule has 2 aliphatic rings. The first-order valence-corrected chi connectivity index (χ1v) is 8.02. The molecular weight excluding hydrogens is 306 g/mol. The number of aromatic nitrogens is 2. The van der Waals surface area contributed by atoms with Crippen LogP contribution < -0.4 is 22.6 Å². The number of hydrogen-bond acceptors (Lipinski definition) is 6. The largest absolute Gasteiger partial charge is 0.322 e. The minimum atomic E-state index is -0.702. The number of hydrogen-bond donors (Lipinski definition) is 4. The summed E-state index contributed by atoms with van der Waals surface area (Å²) in [6.45, 7) is 4.89. The number of fused-ring (bicyclic) bond motifs is 2. The van der Waals surface area contributed by atoms with Crippen LogP contribution in [-0.2, 0) is 10.3 Å². The predicted molar refractivity (Wildman–Crippen MR) is 89.4 cm³/mol. The zero-order chi connectivity index (χ0) is 17.3. The van der Waals surface area contributed by atoms with Crippen LogP contribution in [0.15, 0.2) is 30.7 Å². The zero-order valence-electron chi connectivity index (χ0n) is 13.9. The maximum Gasteiger partial charge on any atom is 0.244 e. The molecule has 7 N–H and O–H groups in total. The van der Waals surface area contributed by atoms with Gasteiger partial charge in [0.05, 0.1) is 22.5 Å². The van der Waals surface area contributed by atoms with Crippen molar-refractivity contribution in [3.8, 4) is 0 Å². The van der Waals surface area contributed by atoms with E-state index in [2.05, 4.69) is 10.3 Å². The molecule has 0 radical (unpaired) electrons. The molecule has 0 aromatic carbocycles. The zero-order valence-corrected chi connectivity index (χ0v) is 13.9. The van der Waals surface area contributed by atoms with Gasteiger partial charge in [-0.05, 0) is 25.5 Å². The number of carbonyl (C=O) groups excluding carboxylic acids is 1. The first-order valence-electron chi connectivity index (χ1n) is 8.02. The topological polar surface area (TPSA) is 128 Å². The highest BCUT2D eigenvalue weighted by Crippen LogP contribution is 2.54. The average molecular weight is 329 g/mol. The maximum atomic E-state index is 13.0. The highest BCUT2D eigenvalue weighted by molar-refractivity contribution is 5.88. The molecule has 1 saturated heterocycles. The fourth-order valence-corrected chi connectivity index (χ4v) is 3.94. The number of hydrazine groups is 1. The third kappa shape index (κ3) is 1.76. The van der Waals surface area contributed by atoms with E-state index in [4.69, 9.17) is 17.3 Å². The molecule has 24 heavy (non-hydrogen) atoms. The van der Waals surface area contributed by atoms with Crippen LogP contribution in [0.25, 0.3) is 5.65 Å². The van der Waals surface area contributed by atoms with Crippen molar-refractivity contribution in [1.82, 2.24) is 19.7 Å². The molecule has 1 saturated carbocycles. The van der Waals surface area contributed by atoms with E-state index < -0.39 is 22.5 Å². The predicted octanol–water partition coefficient (Wildman–Crippen LogP) is -1.10. The third-order valence-electron chi connectivity index (χ3n) is 5.83. The second kappa shape index (κ2) is 4.54. The molecule has 0 spiro atoms. The van der Waals surface area contributed by atoms with E-state index in [1.54, 1.807) is 6.20 Å². The van der Waals surface area contributed by atoms with Gasteiger partial charge in [-0.2, -0.15) is 0 Å². The minimum Gasteiger partial charge on any atom is -0.322 e. The Labute approximate surface area is 140 Å². The highest BCUT2D eigenvalue weighted by Gasteiger charge is 2.79. The van der Waals surface area contributed by atoms with Crippen molar-refractivity contribution in [3.63, 3.8) is 0 Å². The van der Waals surface area contributed by atoms with Gasteiger partial charge in [0.2, 0.25) is 5.91 Å². The first kappa shape index (κ1) is 15.5. The number of pyridine rings is 1. The molecule has 3 atom stereocenters. The summed E-state index contributed by atoms with van der Waals surface area (Å²) in [5.41, 5.74) is 12.3. The fourth-order valence-electron chi connectivity index (χ4n) is 3.94. The number of nitrogens with two attached hydrogens (primary N) is 3. The van der Waals surface area contributed by atoms with Crippen LogP contribution >= 0.6 is 0 Å². The van der Waals surface area contributed by atoms with Crippen LogP contribution in [0.1, 0.15) is 19.4 Å². The lowest BCUT2D eigenvalue weighted by molar-refractivity contribution is -0.139. The molecule has 1 amide bonds. The van der Waals surface area contributed by atoms with E-state index in [0.29, 0.717) is 13.1 Å². The molecule has 2 aromatic heterocycles. The van der Waals surface area contributed by atoms with Gasteiger partial charge in [-0.25, -0.2) is 10.8 Å². The Morgan fingerprint density at radius 2 is 2.04 bits per heavy atom. The molecule has 1 unspecified atom stereocenters. The van der Waals surface area contributed by atoms with E-state index >= 15 is 0 Å². The summed E-state index contributed by atoms with van der Waals surface area (Å²) in [5.74, 6) is 5.57. The SMILES string of the molecule is CC(C)(c1ccc2nccn2c1)N(N)C(=O)C1[C@]2(N)CNC[C@]12N. The van der Waals surface area contributed by atoms with Gasteiger partial charge in [-0.1, -0.05) is 6.07 Å². The smallest absolute Gasteiger partial charge is 0.244 e. The fraction of sp³-hybridized carbons (Fsp3) is 0.500. The Morgan fingerprint density at radius 3 is 2.71 bits per heavy atom. The van der Waals surface area contributed by atoms with E-state index in [1.165, 1.54) is 5.01 Å². The van der Waals surface area contributed by atoms with Crippen LogP contribution in [0, 0.1) is 5.92 Å². The van der Waals surface area contributed by atoms with Gasteiger partial charge in [0.15, 0.2) is 0 Å². The number of nitrogens with zero attached hydrogens (tertiary/aromatic N) is 3. The first-order chi connectivity index (χ1) is 11.2. The number of nitrogens with one attached hydrogen (secondary N) is 1. The molecule has 8 heteroatoms. The number of rotatable bonds is 3. The monoisotopic (exact) mass is 329 g/mol. The molecule has 8 nitrogen and oxygen atoms in total. The Morgan fingerprint density at radius 1 is 1.38 bits per heavy atom. The van der Waals surface area contributed by atoms with Gasteiger partial charge >= 0.3 is 0 Å². The van der Waals surface area contributed by atoms with Gasteiger partial charge in [0.25, 0.3) is 0 Å². The Kier molecular flexibility index (Phi) is 2.94. The average Bonchev–Trinajstić information content (AvgIpc) is 2.92. The quantitative estimate of drug-likeness (QED) is 0.321. The lowest BCUT2D eigenvalue weighted by Crippen LogP contribution is -2.53. The van der Waals surface area contributed by atoms with Crippen LogP contribution in [0.2, 0.25) is 0 Å². The standard InChI is InChI=1S/C16H23N7O/c1-14(2,10-3-4-11-21-5-6-22(11)7-10)23(19)13(24)12-15(17)8-20-9-16(12,15)18/h3-7,12,20H,8-9,17-19H2,1-2H3/t12?,15-,16+. The summed E-state index contributed by atoms with van der Waals surface area (Å²) in [6, 6.07) is 3.83. The van der Waals surface area contributed by atoms with Gasteiger partial charge in [-0.15, -0.1) is 0 Å². The Balaban J connectivity index is 1.63. The van der Waals surface area contributed by atoms with Gasteiger partial charge in [-0.3, -0.25) is 9.80 Å². The number of amides is 1. The van der Waals surface area contributed by atoms with Crippen molar-refractivity contribution < 1.29 is 4.79 Å². The van der Waals surface area contributed by atoms with E-state index in [0.717, 1.165) is 11.2 Å². The summed E-state index contributed by atoms with van der Waals surface area (Å²) in [7, 11) is 0. The minimum absolute atomic E-state index is 0.211. The number of imidazole rings is 1. The lowest BCUT2D eigenvalue weighted by atomic mass is 9.94. The van der Waals surface area contributed by atoms with Gasteiger partial charge in [0, 0.05) is 31.7 Å². The van der Waals surface area contributed by atoms with Crippen molar-refractivity contribution >= 4 is 11.6 Å². The van der Waals surface area contributed by atoms with Crippen LogP contribution in [0.5, 0.6) is 0 Å². The molecule has 1 aliphatic heterocycles. The van der Waals surface area contributed by atoms with Crippen molar-refractivity contribution in [2.45, 2.75) is 30.5 Å². The molecule has 2 fully saturated rings. The second-order valence-corrected chi connectivity index (χ2v) is 7.50. The maximum absolute atomic E-state index is 13.0. The molecule has 3 heterocycles. The lowest BCUT2D eigenvalue weighted by Gasteiger charge is -2.36. The molecular formula is C16H23N7O. The van der Waals surface area contributed by atoms with Gasteiger partial charge in [0.1, 0.15) is 5.65 Å². The molecule has 1 aliphatic carbocycles. The summed E-state index contributed by atoms with van der Waals surface area (Å²) in [5, 5.41) is 4.42. The van der Waals surface area contributed by atoms with Crippen LogP contribution in [0.3, 0.4) is 0 Å². The highest BCUT2D eigenvalue weighted by atomic mass is 16.2. The normalized spacial score (nSPS) is 32.0. The summed E-state index contributed by atoms with van der Waals surface area (Å²) in [4.78, 5) is 17.2. The molecule has 4 rings (SSSR count). The Hall–Kier alpha value is -2.00. The van der Waals surface area contributed by atoms with E-state index in [9.17, 15) is 4.79 Å². The number of carbonyl (C=O) groups is 1. The van der Waals surface area contributed by atoms with Crippen molar-refractivity contribution in [1.29, 1.82) is 0 Å². The second-order valence-electron chi connectivity index (χ2n) is 7.50. The van der Waals surface area contributed by atoms with Crippen molar-refractivity contribution in [3.05, 3.63) is 36.3 Å². The molecule has 0 bridgehead atoms.